The highest BCUT2D eigenvalue weighted by Gasteiger charge is 2.29. The van der Waals surface area contributed by atoms with Crippen molar-refractivity contribution in [1.29, 1.82) is 0 Å². The first-order chi connectivity index (χ1) is 9.83. The summed E-state index contributed by atoms with van der Waals surface area (Å²) < 4.78 is 0. The van der Waals surface area contributed by atoms with Crippen LogP contribution in [0.3, 0.4) is 0 Å². The fourth-order valence-electron chi connectivity index (χ4n) is 2.83. The van der Waals surface area contributed by atoms with Crippen molar-refractivity contribution < 1.29 is 0 Å². The standard InChI is InChI=1S/C19H26N2/c1-15-9-8-14-21-17(15)19(4,5)12-11-18(2,3)16-10-6-7-13-20-16/h6-10,13-14H,11-12H2,1-5H3. The lowest BCUT2D eigenvalue weighted by Crippen LogP contribution is -2.26. The van der Waals surface area contributed by atoms with Crippen LogP contribution in [0, 0.1) is 6.92 Å². The molecule has 0 aromatic carbocycles. The van der Waals surface area contributed by atoms with Gasteiger partial charge >= 0.3 is 0 Å². The molecule has 0 aliphatic heterocycles. The highest BCUT2D eigenvalue weighted by atomic mass is 14.7. The summed E-state index contributed by atoms with van der Waals surface area (Å²) in [7, 11) is 0. The lowest BCUT2D eigenvalue weighted by molar-refractivity contribution is 0.362. The summed E-state index contributed by atoms with van der Waals surface area (Å²) in [6.07, 6.45) is 5.96. The van der Waals surface area contributed by atoms with Gasteiger partial charge in [-0.25, -0.2) is 0 Å². The van der Waals surface area contributed by atoms with Gasteiger partial charge in [-0.1, -0.05) is 39.8 Å². The number of rotatable bonds is 5. The Labute approximate surface area is 128 Å². The van der Waals surface area contributed by atoms with E-state index in [1.807, 2.05) is 24.5 Å². The van der Waals surface area contributed by atoms with Crippen LogP contribution in [0.15, 0.2) is 42.7 Å². The van der Waals surface area contributed by atoms with Gasteiger partial charge in [-0.15, -0.1) is 0 Å². The molecular formula is C19H26N2. The Morgan fingerprint density at radius 1 is 0.810 bits per heavy atom. The number of aromatic nitrogens is 2. The summed E-state index contributed by atoms with van der Waals surface area (Å²) in [6, 6.07) is 10.3. The van der Waals surface area contributed by atoms with E-state index >= 15 is 0 Å². The van der Waals surface area contributed by atoms with Crippen LogP contribution in [0.2, 0.25) is 0 Å². The molecular weight excluding hydrogens is 256 g/mol. The Morgan fingerprint density at radius 2 is 1.48 bits per heavy atom. The molecule has 2 aromatic heterocycles. The van der Waals surface area contributed by atoms with Crippen molar-refractivity contribution in [2.75, 3.05) is 0 Å². The Morgan fingerprint density at radius 3 is 2.10 bits per heavy atom. The van der Waals surface area contributed by atoms with Crippen LogP contribution in [-0.2, 0) is 10.8 Å². The van der Waals surface area contributed by atoms with Crippen LogP contribution >= 0.6 is 0 Å². The summed E-state index contributed by atoms with van der Waals surface area (Å²) in [4.78, 5) is 9.13. The van der Waals surface area contributed by atoms with Gasteiger partial charge in [0.1, 0.15) is 0 Å². The van der Waals surface area contributed by atoms with Crippen LogP contribution in [0.5, 0.6) is 0 Å². The molecule has 0 unspecified atom stereocenters. The molecule has 0 N–H and O–H groups in total. The van der Waals surface area contributed by atoms with E-state index in [2.05, 4.69) is 62.8 Å². The number of nitrogens with zero attached hydrogens (tertiary/aromatic N) is 2. The molecule has 0 bridgehead atoms. The molecule has 0 amide bonds. The van der Waals surface area contributed by atoms with E-state index in [1.54, 1.807) is 0 Å². The van der Waals surface area contributed by atoms with E-state index in [9.17, 15) is 0 Å². The molecule has 0 spiro atoms. The fraction of sp³-hybridized carbons (Fsp3) is 0.474. The molecule has 0 atom stereocenters. The lowest BCUT2D eigenvalue weighted by Gasteiger charge is -2.31. The van der Waals surface area contributed by atoms with Crippen LogP contribution in [0.25, 0.3) is 0 Å². The summed E-state index contributed by atoms with van der Waals surface area (Å²) >= 11 is 0. The molecule has 112 valence electrons. The smallest absolute Gasteiger partial charge is 0.0488 e. The zero-order valence-electron chi connectivity index (χ0n) is 13.9. The molecule has 0 aliphatic rings. The molecule has 2 nitrogen and oxygen atoms in total. The first-order valence-electron chi connectivity index (χ1n) is 7.66. The molecule has 0 saturated heterocycles. The number of hydrogen-bond donors (Lipinski definition) is 0. The highest BCUT2D eigenvalue weighted by Crippen LogP contribution is 2.35. The van der Waals surface area contributed by atoms with Crippen molar-refractivity contribution in [3.05, 3.63) is 59.7 Å². The third-order valence-corrected chi connectivity index (χ3v) is 4.38. The Balaban J connectivity index is 2.13. The van der Waals surface area contributed by atoms with E-state index in [4.69, 9.17) is 0 Å². The van der Waals surface area contributed by atoms with Crippen LogP contribution in [-0.4, -0.2) is 9.97 Å². The Hall–Kier alpha value is -1.70. The highest BCUT2D eigenvalue weighted by molar-refractivity contribution is 5.25. The quantitative estimate of drug-likeness (QED) is 0.785. The van der Waals surface area contributed by atoms with Crippen molar-refractivity contribution in [1.82, 2.24) is 9.97 Å². The second-order valence-electron chi connectivity index (χ2n) is 7.15. The largest absolute Gasteiger partial charge is 0.261 e. The van der Waals surface area contributed by atoms with Crippen molar-refractivity contribution >= 4 is 0 Å². The molecule has 0 fully saturated rings. The molecule has 0 saturated carbocycles. The zero-order chi connectivity index (χ0) is 15.5. The predicted molar refractivity (Wildman–Crippen MR) is 88.5 cm³/mol. The maximum absolute atomic E-state index is 4.61. The monoisotopic (exact) mass is 282 g/mol. The van der Waals surface area contributed by atoms with Crippen molar-refractivity contribution in [3.63, 3.8) is 0 Å². The van der Waals surface area contributed by atoms with Crippen LogP contribution < -0.4 is 0 Å². The zero-order valence-corrected chi connectivity index (χ0v) is 13.9. The van der Waals surface area contributed by atoms with E-state index < -0.39 is 0 Å². The van der Waals surface area contributed by atoms with Gasteiger partial charge < -0.3 is 0 Å². The topological polar surface area (TPSA) is 25.8 Å². The molecule has 0 radical (unpaired) electrons. The van der Waals surface area contributed by atoms with Gasteiger partial charge in [-0.3, -0.25) is 9.97 Å². The Bertz CT molecular complexity index is 586. The fourth-order valence-corrected chi connectivity index (χ4v) is 2.83. The minimum atomic E-state index is 0.0807. The number of hydrogen-bond acceptors (Lipinski definition) is 2. The van der Waals surface area contributed by atoms with E-state index in [0.717, 1.165) is 12.8 Å². The summed E-state index contributed by atoms with van der Waals surface area (Å²) in [6.45, 7) is 11.3. The number of pyridine rings is 2. The maximum atomic E-state index is 4.61. The molecule has 2 aromatic rings. The Kier molecular flexibility index (Phi) is 4.46. The normalized spacial score (nSPS) is 12.4. The van der Waals surface area contributed by atoms with Gasteiger partial charge in [0.15, 0.2) is 0 Å². The number of aryl methyl sites for hydroxylation is 1. The van der Waals surface area contributed by atoms with E-state index in [0.29, 0.717) is 0 Å². The predicted octanol–water partition coefficient (Wildman–Crippen LogP) is 4.82. The van der Waals surface area contributed by atoms with E-state index in [1.165, 1.54) is 17.0 Å². The molecule has 2 rings (SSSR count). The molecule has 2 heteroatoms. The summed E-state index contributed by atoms with van der Waals surface area (Å²) in [5.41, 5.74) is 3.82. The second kappa shape index (κ2) is 5.97. The minimum Gasteiger partial charge on any atom is -0.261 e. The summed E-state index contributed by atoms with van der Waals surface area (Å²) in [5.74, 6) is 0. The third-order valence-electron chi connectivity index (χ3n) is 4.38. The molecule has 2 heterocycles. The average Bonchev–Trinajstić information content (AvgIpc) is 2.47. The first kappa shape index (κ1) is 15.7. The van der Waals surface area contributed by atoms with Gasteiger partial charge in [-0.05, 0) is 43.5 Å². The van der Waals surface area contributed by atoms with Crippen molar-refractivity contribution in [3.8, 4) is 0 Å². The van der Waals surface area contributed by atoms with Gasteiger partial charge in [0, 0.05) is 34.6 Å². The lowest BCUT2D eigenvalue weighted by atomic mass is 9.75. The molecule has 0 aliphatic carbocycles. The first-order valence-corrected chi connectivity index (χ1v) is 7.66. The van der Waals surface area contributed by atoms with Crippen molar-refractivity contribution in [2.24, 2.45) is 0 Å². The third kappa shape index (κ3) is 3.69. The van der Waals surface area contributed by atoms with Gasteiger partial charge in [0.25, 0.3) is 0 Å². The van der Waals surface area contributed by atoms with Crippen molar-refractivity contribution in [2.45, 2.75) is 58.3 Å². The minimum absolute atomic E-state index is 0.0807. The van der Waals surface area contributed by atoms with Crippen LogP contribution in [0.1, 0.15) is 57.5 Å². The summed E-state index contributed by atoms with van der Waals surface area (Å²) in [5, 5.41) is 0. The SMILES string of the molecule is Cc1cccnc1C(C)(C)CCC(C)(C)c1ccccn1. The van der Waals surface area contributed by atoms with Crippen LogP contribution in [0.4, 0.5) is 0 Å². The second-order valence-corrected chi connectivity index (χ2v) is 7.15. The maximum Gasteiger partial charge on any atom is 0.0488 e. The molecule has 21 heavy (non-hydrogen) atoms. The van der Waals surface area contributed by atoms with Gasteiger partial charge in [0.05, 0.1) is 0 Å². The van der Waals surface area contributed by atoms with E-state index in [-0.39, 0.29) is 10.8 Å². The average molecular weight is 282 g/mol. The van der Waals surface area contributed by atoms with Gasteiger partial charge in [-0.2, -0.15) is 0 Å². The van der Waals surface area contributed by atoms with Gasteiger partial charge in [0.2, 0.25) is 0 Å².